The highest BCUT2D eigenvalue weighted by molar-refractivity contribution is 6.30. The largest absolute Gasteiger partial charge is 0.324 e. The molecule has 168 valence electrons. The first-order chi connectivity index (χ1) is 15.4. The van der Waals surface area contributed by atoms with Gasteiger partial charge in [-0.25, -0.2) is 4.79 Å². The first kappa shape index (κ1) is 22.1. The molecular weight excluding hydrogens is 430 g/mol. The summed E-state index contributed by atoms with van der Waals surface area (Å²) in [5.41, 5.74) is 2.02. The topological polar surface area (TPSA) is 85.0 Å². The van der Waals surface area contributed by atoms with E-state index in [2.05, 4.69) is 10.6 Å². The summed E-state index contributed by atoms with van der Waals surface area (Å²) in [6.07, 6.45) is 0.248. The molecule has 2 aromatic rings. The first-order valence-corrected chi connectivity index (χ1v) is 11.0. The number of hydrogen-bond donors (Lipinski definition) is 2. The van der Waals surface area contributed by atoms with Gasteiger partial charge in [-0.05, 0) is 37.3 Å². The van der Waals surface area contributed by atoms with Crippen molar-refractivity contribution in [1.82, 2.24) is 9.80 Å². The smallest absolute Gasteiger partial charge is 0.321 e. The highest BCUT2D eigenvalue weighted by Crippen LogP contribution is 2.31. The normalized spacial score (nSPS) is 19.1. The predicted molar refractivity (Wildman–Crippen MR) is 125 cm³/mol. The minimum absolute atomic E-state index is 0.0571. The van der Waals surface area contributed by atoms with E-state index in [9.17, 15) is 14.4 Å². The van der Waals surface area contributed by atoms with Crippen molar-refractivity contribution in [2.75, 3.05) is 48.3 Å². The molecule has 4 amide bonds. The fourth-order valence-electron chi connectivity index (χ4n) is 4.11. The van der Waals surface area contributed by atoms with Crippen LogP contribution in [0.2, 0.25) is 5.02 Å². The van der Waals surface area contributed by atoms with Gasteiger partial charge in [0.2, 0.25) is 11.8 Å². The van der Waals surface area contributed by atoms with Crippen LogP contribution in [-0.2, 0) is 9.59 Å². The predicted octanol–water partition coefficient (Wildman–Crippen LogP) is 3.25. The number of fused-ring (bicyclic) bond motifs is 1. The molecule has 1 saturated heterocycles. The van der Waals surface area contributed by atoms with Gasteiger partial charge in [0, 0.05) is 49.4 Å². The van der Waals surface area contributed by atoms with Crippen LogP contribution in [0.5, 0.6) is 0 Å². The molecule has 1 fully saturated rings. The molecule has 2 heterocycles. The molecule has 2 N–H and O–H groups in total. The molecule has 0 unspecified atom stereocenters. The Morgan fingerprint density at radius 1 is 1.09 bits per heavy atom. The van der Waals surface area contributed by atoms with E-state index >= 15 is 0 Å². The van der Waals surface area contributed by atoms with Gasteiger partial charge in [-0.2, -0.15) is 0 Å². The zero-order valence-corrected chi connectivity index (χ0v) is 18.6. The van der Waals surface area contributed by atoms with Gasteiger partial charge in [0.1, 0.15) is 0 Å². The summed E-state index contributed by atoms with van der Waals surface area (Å²) >= 11 is 5.98. The second kappa shape index (κ2) is 9.58. The van der Waals surface area contributed by atoms with Crippen molar-refractivity contribution in [2.24, 2.45) is 0 Å². The number of benzene rings is 2. The fourth-order valence-corrected chi connectivity index (χ4v) is 4.30. The quantitative estimate of drug-likeness (QED) is 0.744. The van der Waals surface area contributed by atoms with E-state index in [0.717, 1.165) is 5.69 Å². The summed E-state index contributed by atoms with van der Waals surface area (Å²) in [5.74, 6) is -0.155. The van der Waals surface area contributed by atoms with Crippen molar-refractivity contribution in [2.45, 2.75) is 19.4 Å². The van der Waals surface area contributed by atoms with E-state index in [0.29, 0.717) is 42.6 Å². The third kappa shape index (κ3) is 5.03. The highest BCUT2D eigenvalue weighted by atomic mass is 35.5. The number of hydrogen-bond acceptors (Lipinski definition) is 4. The number of anilines is 3. The maximum Gasteiger partial charge on any atom is 0.321 e. The van der Waals surface area contributed by atoms with E-state index in [1.165, 1.54) is 0 Å². The summed E-state index contributed by atoms with van der Waals surface area (Å²) in [5, 5.41) is 6.30. The summed E-state index contributed by atoms with van der Waals surface area (Å²) < 4.78 is 0. The van der Waals surface area contributed by atoms with Crippen LogP contribution < -0.4 is 15.5 Å². The van der Waals surface area contributed by atoms with Crippen molar-refractivity contribution >= 4 is 46.5 Å². The highest BCUT2D eigenvalue weighted by Gasteiger charge is 2.31. The number of para-hydroxylation sites is 2. The number of nitrogens with zero attached hydrogens (tertiary/aromatic N) is 3. The number of amides is 4. The van der Waals surface area contributed by atoms with Gasteiger partial charge in [-0.1, -0.05) is 29.8 Å². The Bertz CT molecular complexity index is 1020. The van der Waals surface area contributed by atoms with Gasteiger partial charge in [0.25, 0.3) is 0 Å². The molecule has 8 nitrogen and oxygen atoms in total. The Hall–Kier alpha value is -3.10. The minimum Gasteiger partial charge on any atom is -0.324 e. The molecule has 32 heavy (non-hydrogen) atoms. The number of nitrogens with one attached hydrogen (secondary N) is 2. The standard InChI is InChI=1S/C23H26ClN5O3/c1-16-13-21(30)26-19-7-2-3-8-20(19)29(16)22(31)15-27-9-11-28(12-10-27)23(32)25-18-6-4-5-17(24)14-18/h2-8,14,16H,9-13,15H2,1H3,(H,25,32)(H,26,30)/t16-/m1/s1. The third-order valence-corrected chi connectivity index (χ3v) is 5.96. The monoisotopic (exact) mass is 455 g/mol. The molecule has 4 rings (SSSR count). The fraction of sp³-hybridized carbons (Fsp3) is 0.348. The van der Waals surface area contributed by atoms with Crippen LogP contribution in [0, 0.1) is 0 Å². The number of halogens is 1. The molecule has 0 spiro atoms. The van der Waals surface area contributed by atoms with Crippen LogP contribution in [0.25, 0.3) is 0 Å². The molecule has 0 aromatic heterocycles. The van der Waals surface area contributed by atoms with Crippen LogP contribution in [0.1, 0.15) is 13.3 Å². The SMILES string of the molecule is C[C@@H]1CC(=O)Nc2ccccc2N1C(=O)CN1CCN(C(=O)Nc2cccc(Cl)c2)CC1. The summed E-state index contributed by atoms with van der Waals surface area (Å²) in [7, 11) is 0. The molecule has 2 aromatic carbocycles. The maximum atomic E-state index is 13.2. The molecule has 0 aliphatic carbocycles. The number of urea groups is 1. The molecule has 0 saturated carbocycles. The molecule has 9 heteroatoms. The second-order valence-electron chi connectivity index (χ2n) is 8.09. The Labute approximate surface area is 192 Å². The number of piperazine rings is 1. The summed E-state index contributed by atoms with van der Waals surface area (Å²) in [6, 6.07) is 14.0. The van der Waals surface area contributed by atoms with Gasteiger partial charge in [0.15, 0.2) is 0 Å². The van der Waals surface area contributed by atoms with Gasteiger partial charge in [-0.15, -0.1) is 0 Å². The van der Waals surface area contributed by atoms with Crippen molar-refractivity contribution in [3.05, 3.63) is 53.6 Å². The first-order valence-electron chi connectivity index (χ1n) is 10.7. The van der Waals surface area contributed by atoms with Crippen molar-refractivity contribution in [3.8, 4) is 0 Å². The van der Waals surface area contributed by atoms with Crippen LogP contribution in [0.4, 0.5) is 21.9 Å². The lowest BCUT2D eigenvalue weighted by molar-refractivity contribution is -0.120. The van der Waals surface area contributed by atoms with Crippen molar-refractivity contribution in [3.63, 3.8) is 0 Å². The Balaban J connectivity index is 1.35. The molecule has 0 radical (unpaired) electrons. The van der Waals surface area contributed by atoms with E-state index < -0.39 is 0 Å². The van der Waals surface area contributed by atoms with E-state index in [-0.39, 0.29) is 36.9 Å². The van der Waals surface area contributed by atoms with Gasteiger partial charge in [0.05, 0.1) is 17.9 Å². The van der Waals surface area contributed by atoms with Gasteiger partial charge in [-0.3, -0.25) is 14.5 Å². The van der Waals surface area contributed by atoms with Gasteiger partial charge < -0.3 is 20.4 Å². The molecule has 1 atom stereocenters. The minimum atomic E-state index is -0.240. The lowest BCUT2D eigenvalue weighted by Gasteiger charge is -2.36. The Morgan fingerprint density at radius 2 is 1.84 bits per heavy atom. The van der Waals surface area contributed by atoms with Crippen molar-refractivity contribution < 1.29 is 14.4 Å². The Morgan fingerprint density at radius 3 is 2.59 bits per heavy atom. The number of carbonyl (C=O) groups excluding carboxylic acids is 3. The number of rotatable bonds is 3. The van der Waals surface area contributed by atoms with Crippen LogP contribution in [0.15, 0.2) is 48.5 Å². The summed E-state index contributed by atoms with van der Waals surface area (Å²) in [6.45, 7) is 4.34. The summed E-state index contributed by atoms with van der Waals surface area (Å²) in [4.78, 5) is 43.4. The van der Waals surface area contributed by atoms with Gasteiger partial charge >= 0.3 is 6.03 Å². The van der Waals surface area contributed by atoms with E-state index in [1.807, 2.05) is 36.1 Å². The lowest BCUT2D eigenvalue weighted by Crippen LogP contribution is -2.53. The average Bonchev–Trinajstić information content (AvgIpc) is 2.88. The molecule has 0 bridgehead atoms. The van der Waals surface area contributed by atoms with E-state index in [4.69, 9.17) is 11.6 Å². The van der Waals surface area contributed by atoms with Crippen molar-refractivity contribution in [1.29, 1.82) is 0 Å². The lowest BCUT2D eigenvalue weighted by atomic mass is 10.1. The zero-order chi connectivity index (χ0) is 22.7. The van der Waals surface area contributed by atoms with Crippen LogP contribution >= 0.6 is 11.6 Å². The second-order valence-corrected chi connectivity index (χ2v) is 8.52. The van der Waals surface area contributed by atoms with Crippen LogP contribution in [0.3, 0.4) is 0 Å². The van der Waals surface area contributed by atoms with Crippen LogP contribution in [-0.4, -0.2) is 66.4 Å². The van der Waals surface area contributed by atoms with E-state index in [1.54, 1.807) is 34.1 Å². The third-order valence-electron chi connectivity index (χ3n) is 5.72. The molecule has 2 aliphatic rings. The average molecular weight is 456 g/mol. The maximum absolute atomic E-state index is 13.2. The number of carbonyl (C=O) groups is 3. The molecule has 2 aliphatic heterocycles. The zero-order valence-electron chi connectivity index (χ0n) is 17.9. The Kier molecular flexibility index (Phi) is 6.62. The molecular formula is C23H26ClN5O3.